The van der Waals surface area contributed by atoms with Gasteiger partial charge >= 0.3 is 0 Å². The summed E-state index contributed by atoms with van der Waals surface area (Å²) in [5, 5.41) is 3.43. The number of hydrogen-bond acceptors (Lipinski definition) is 3. The minimum atomic E-state index is 0.499. The molecule has 3 rings (SSSR count). The molecule has 1 aliphatic heterocycles. The third-order valence-electron chi connectivity index (χ3n) is 4.91. The van der Waals surface area contributed by atoms with Crippen LogP contribution in [0.2, 0.25) is 0 Å². The molecule has 3 nitrogen and oxygen atoms in total. The molecule has 1 atom stereocenters. The Morgan fingerprint density at radius 2 is 2.05 bits per heavy atom. The number of nitrogens with one attached hydrogen (secondary N) is 1. The second-order valence-electron chi connectivity index (χ2n) is 6.34. The number of aryl methyl sites for hydroxylation is 1. The van der Waals surface area contributed by atoms with E-state index in [-0.39, 0.29) is 0 Å². The summed E-state index contributed by atoms with van der Waals surface area (Å²) in [7, 11) is 2.06. The van der Waals surface area contributed by atoms with Gasteiger partial charge in [-0.15, -0.1) is 0 Å². The maximum atomic E-state index is 6.00. The van der Waals surface area contributed by atoms with E-state index in [1.165, 1.54) is 62.7 Å². The van der Waals surface area contributed by atoms with E-state index < -0.39 is 0 Å². The maximum absolute atomic E-state index is 6.00. The second kappa shape index (κ2) is 7.28. The normalized spacial score (nSPS) is 22.8. The Kier molecular flexibility index (Phi) is 5.15. The lowest BCUT2D eigenvalue weighted by Gasteiger charge is -2.27. The van der Waals surface area contributed by atoms with E-state index in [0.717, 1.165) is 18.9 Å². The predicted octanol–water partition coefficient (Wildman–Crippen LogP) is 3.15. The van der Waals surface area contributed by atoms with Gasteiger partial charge in [0.25, 0.3) is 0 Å². The molecule has 0 bridgehead atoms. The standard InChI is InChI=1S/C18H28N2O/c1-19-18-7-5-6-15-8-9-16(14-17(15)18)21-13-12-20-10-3-2-4-11-20/h8-9,14,18-19H,2-7,10-13H2,1H3. The van der Waals surface area contributed by atoms with E-state index >= 15 is 0 Å². The fourth-order valence-electron chi connectivity index (χ4n) is 3.64. The highest BCUT2D eigenvalue weighted by Gasteiger charge is 2.19. The van der Waals surface area contributed by atoms with Crippen molar-refractivity contribution in [3.05, 3.63) is 29.3 Å². The quantitative estimate of drug-likeness (QED) is 0.901. The molecule has 2 aliphatic rings. The van der Waals surface area contributed by atoms with Crippen molar-refractivity contribution in [3.8, 4) is 5.75 Å². The first-order chi connectivity index (χ1) is 10.4. The molecule has 1 aromatic rings. The van der Waals surface area contributed by atoms with Crippen LogP contribution in [0.15, 0.2) is 18.2 Å². The zero-order valence-electron chi connectivity index (χ0n) is 13.2. The van der Waals surface area contributed by atoms with Gasteiger partial charge in [0.15, 0.2) is 0 Å². The van der Waals surface area contributed by atoms with Crippen molar-refractivity contribution >= 4 is 0 Å². The third-order valence-corrected chi connectivity index (χ3v) is 4.91. The van der Waals surface area contributed by atoms with Crippen LogP contribution in [0.5, 0.6) is 5.75 Å². The number of hydrogen-bond donors (Lipinski definition) is 1. The van der Waals surface area contributed by atoms with Gasteiger partial charge in [0.2, 0.25) is 0 Å². The van der Waals surface area contributed by atoms with E-state index in [2.05, 4.69) is 35.5 Å². The van der Waals surface area contributed by atoms with E-state index in [9.17, 15) is 0 Å². The monoisotopic (exact) mass is 288 g/mol. The Bertz CT molecular complexity index is 455. The van der Waals surface area contributed by atoms with Crippen molar-refractivity contribution in [2.75, 3.05) is 33.3 Å². The van der Waals surface area contributed by atoms with Crippen LogP contribution in [-0.4, -0.2) is 38.2 Å². The van der Waals surface area contributed by atoms with Crippen LogP contribution in [0.25, 0.3) is 0 Å². The summed E-state index contributed by atoms with van der Waals surface area (Å²) >= 11 is 0. The second-order valence-corrected chi connectivity index (χ2v) is 6.34. The SMILES string of the molecule is CNC1CCCc2ccc(OCCN3CCCCC3)cc21. The molecule has 21 heavy (non-hydrogen) atoms. The number of benzene rings is 1. The minimum Gasteiger partial charge on any atom is -0.492 e. The van der Waals surface area contributed by atoms with Gasteiger partial charge in [-0.25, -0.2) is 0 Å². The number of piperidine rings is 1. The highest BCUT2D eigenvalue weighted by Crippen LogP contribution is 2.32. The van der Waals surface area contributed by atoms with Crippen molar-refractivity contribution < 1.29 is 4.74 Å². The lowest BCUT2D eigenvalue weighted by Crippen LogP contribution is -2.33. The zero-order chi connectivity index (χ0) is 14.5. The van der Waals surface area contributed by atoms with Gasteiger partial charge in [-0.05, 0) is 75.5 Å². The molecular weight excluding hydrogens is 260 g/mol. The molecule has 0 radical (unpaired) electrons. The lowest BCUT2D eigenvalue weighted by atomic mass is 9.87. The van der Waals surface area contributed by atoms with Crippen LogP contribution in [0, 0.1) is 0 Å². The highest BCUT2D eigenvalue weighted by atomic mass is 16.5. The Morgan fingerprint density at radius 1 is 1.19 bits per heavy atom. The Morgan fingerprint density at radius 3 is 2.86 bits per heavy atom. The van der Waals surface area contributed by atoms with Gasteiger partial charge in [0.1, 0.15) is 12.4 Å². The maximum Gasteiger partial charge on any atom is 0.119 e. The summed E-state index contributed by atoms with van der Waals surface area (Å²) in [6.07, 6.45) is 7.83. The molecule has 1 heterocycles. The molecule has 1 fully saturated rings. The molecule has 3 heteroatoms. The number of fused-ring (bicyclic) bond motifs is 1. The molecule has 116 valence electrons. The number of nitrogens with zero attached hydrogens (tertiary/aromatic N) is 1. The fourth-order valence-corrected chi connectivity index (χ4v) is 3.64. The van der Waals surface area contributed by atoms with Gasteiger partial charge < -0.3 is 10.1 Å². The molecular formula is C18H28N2O. The number of likely N-dealkylation sites (tertiary alicyclic amines) is 1. The number of rotatable bonds is 5. The molecule has 1 saturated heterocycles. The van der Waals surface area contributed by atoms with Crippen LogP contribution in [-0.2, 0) is 6.42 Å². The number of ether oxygens (including phenoxy) is 1. The molecule has 1 N–H and O–H groups in total. The van der Waals surface area contributed by atoms with Gasteiger partial charge in [-0.3, -0.25) is 4.90 Å². The van der Waals surface area contributed by atoms with Gasteiger partial charge in [-0.2, -0.15) is 0 Å². The lowest BCUT2D eigenvalue weighted by molar-refractivity contribution is 0.183. The molecule has 1 aliphatic carbocycles. The zero-order valence-corrected chi connectivity index (χ0v) is 13.2. The van der Waals surface area contributed by atoms with Crippen LogP contribution >= 0.6 is 0 Å². The van der Waals surface area contributed by atoms with Crippen LogP contribution in [0.3, 0.4) is 0 Å². The van der Waals surface area contributed by atoms with Crippen LogP contribution < -0.4 is 10.1 Å². The van der Waals surface area contributed by atoms with Gasteiger partial charge in [0.05, 0.1) is 0 Å². The largest absolute Gasteiger partial charge is 0.492 e. The fraction of sp³-hybridized carbons (Fsp3) is 0.667. The van der Waals surface area contributed by atoms with Gasteiger partial charge in [0, 0.05) is 12.6 Å². The Hall–Kier alpha value is -1.06. The van der Waals surface area contributed by atoms with Crippen LogP contribution in [0.4, 0.5) is 0 Å². The van der Waals surface area contributed by atoms with E-state index in [1.807, 2.05) is 0 Å². The average Bonchev–Trinajstić information content (AvgIpc) is 2.55. The van der Waals surface area contributed by atoms with Crippen molar-refractivity contribution in [2.24, 2.45) is 0 Å². The van der Waals surface area contributed by atoms with Crippen LogP contribution in [0.1, 0.15) is 49.3 Å². The summed E-state index contributed by atoms with van der Waals surface area (Å²) in [5.74, 6) is 1.04. The predicted molar refractivity (Wildman–Crippen MR) is 87.0 cm³/mol. The molecule has 0 aromatic heterocycles. The van der Waals surface area contributed by atoms with Crippen molar-refractivity contribution in [1.82, 2.24) is 10.2 Å². The third kappa shape index (κ3) is 3.78. The van der Waals surface area contributed by atoms with E-state index in [4.69, 9.17) is 4.74 Å². The van der Waals surface area contributed by atoms with Gasteiger partial charge in [-0.1, -0.05) is 12.5 Å². The van der Waals surface area contributed by atoms with Crippen molar-refractivity contribution in [2.45, 2.75) is 44.6 Å². The molecule has 0 saturated carbocycles. The summed E-state index contributed by atoms with van der Waals surface area (Å²) in [6.45, 7) is 4.36. The first kappa shape index (κ1) is 14.9. The molecule has 1 unspecified atom stereocenters. The summed E-state index contributed by atoms with van der Waals surface area (Å²) in [5.41, 5.74) is 2.93. The molecule has 1 aromatic carbocycles. The first-order valence-electron chi connectivity index (χ1n) is 8.52. The highest BCUT2D eigenvalue weighted by molar-refractivity contribution is 5.39. The van der Waals surface area contributed by atoms with E-state index in [0.29, 0.717) is 6.04 Å². The average molecular weight is 288 g/mol. The van der Waals surface area contributed by atoms with Crippen molar-refractivity contribution in [3.63, 3.8) is 0 Å². The smallest absolute Gasteiger partial charge is 0.119 e. The first-order valence-corrected chi connectivity index (χ1v) is 8.52. The van der Waals surface area contributed by atoms with E-state index in [1.54, 1.807) is 0 Å². The summed E-state index contributed by atoms with van der Waals surface area (Å²) in [4.78, 5) is 2.53. The molecule has 0 spiro atoms. The Balaban J connectivity index is 1.56. The topological polar surface area (TPSA) is 24.5 Å². The van der Waals surface area contributed by atoms with Crippen molar-refractivity contribution in [1.29, 1.82) is 0 Å². The summed E-state index contributed by atoms with van der Waals surface area (Å²) in [6, 6.07) is 7.16. The Labute approximate surface area is 128 Å². The minimum absolute atomic E-state index is 0.499. The molecule has 0 amide bonds. The summed E-state index contributed by atoms with van der Waals surface area (Å²) < 4.78 is 6.00.